The largest absolute Gasteiger partial charge is 0.368 e. The van der Waals surface area contributed by atoms with E-state index >= 15 is 0 Å². The minimum Gasteiger partial charge on any atom is -0.368 e. The third-order valence-electron chi connectivity index (χ3n) is 5.78. The highest BCUT2D eigenvalue weighted by Crippen LogP contribution is 2.22. The molecule has 0 aliphatic heterocycles. The van der Waals surface area contributed by atoms with E-state index in [0.717, 1.165) is 22.4 Å². The Morgan fingerprint density at radius 3 is 2.52 bits per heavy atom. The molecule has 9 heteroatoms. The standard InChI is InChI=1S/C24H24N8O/c1-13-6-5-9-16-18(13)23(33)32(20-14(2)7-4-8-15(20)3)17(29-16)10-11-26-21-19-22(28-12-27-19)31-24(25)30-21/h4-9,12H,10-11H2,1-3H3,(H4,25,26,27,28,30,31). The molecule has 0 radical (unpaired) electrons. The van der Waals surface area contributed by atoms with Gasteiger partial charge < -0.3 is 16.0 Å². The van der Waals surface area contributed by atoms with Gasteiger partial charge in [0, 0.05) is 13.0 Å². The normalized spacial score (nSPS) is 11.4. The van der Waals surface area contributed by atoms with Crippen LogP contribution in [0.15, 0.2) is 47.5 Å². The van der Waals surface area contributed by atoms with Gasteiger partial charge in [-0.2, -0.15) is 9.97 Å². The number of H-pyrrole nitrogens is 1. The maximum atomic E-state index is 13.7. The summed E-state index contributed by atoms with van der Waals surface area (Å²) in [5, 5.41) is 3.93. The summed E-state index contributed by atoms with van der Waals surface area (Å²) in [6.07, 6.45) is 2.04. The van der Waals surface area contributed by atoms with Gasteiger partial charge in [0.2, 0.25) is 5.95 Å². The first kappa shape index (κ1) is 20.6. The van der Waals surface area contributed by atoms with Gasteiger partial charge in [0.25, 0.3) is 5.56 Å². The van der Waals surface area contributed by atoms with Gasteiger partial charge in [-0.25, -0.2) is 9.97 Å². The molecule has 0 aliphatic carbocycles. The van der Waals surface area contributed by atoms with Crippen molar-refractivity contribution in [2.24, 2.45) is 0 Å². The first-order valence-electron chi connectivity index (χ1n) is 10.7. The summed E-state index contributed by atoms with van der Waals surface area (Å²) < 4.78 is 1.75. The smallest absolute Gasteiger partial charge is 0.266 e. The van der Waals surface area contributed by atoms with E-state index in [1.807, 2.05) is 57.2 Å². The van der Waals surface area contributed by atoms with Crippen LogP contribution in [0.1, 0.15) is 22.5 Å². The van der Waals surface area contributed by atoms with Gasteiger partial charge >= 0.3 is 0 Å². The van der Waals surface area contributed by atoms with Gasteiger partial charge in [0.15, 0.2) is 11.5 Å². The number of aryl methyl sites for hydroxylation is 3. The van der Waals surface area contributed by atoms with Crippen molar-refractivity contribution in [2.45, 2.75) is 27.2 Å². The molecule has 0 spiro atoms. The lowest BCUT2D eigenvalue weighted by Gasteiger charge is -2.18. The summed E-state index contributed by atoms with van der Waals surface area (Å²) in [7, 11) is 0. The highest BCUT2D eigenvalue weighted by Gasteiger charge is 2.17. The van der Waals surface area contributed by atoms with Gasteiger partial charge in [0.05, 0.1) is 22.9 Å². The van der Waals surface area contributed by atoms with Crippen molar-refractivity contribution in [1.29, 1.82) is 0 Å². The van der Waals surface area contributed by atoms with Crippen LogP contribution in [-0.2, 0) is 6.42 Å². The van der Waals surface area contributed by atoms with Crippen molar-refractivity contribution in [2.75, 3.05) is 17.6 Å². The highest BCUT2D eigenvalue weighted by molar-refractivity contribution is 5.83. The van der Waals surface area contributed by atoms with E-state index in [1.165, 1.54) is 0 Å². The van der Waals surface area contributed by atoms with Crippen LogP contribution in [0.5, 0.6) is 0 Å². The Kier molecular flexibility index (Phi) is 5.01. The number of nitrogens with one attached hydrogen (secondary N) is 2. The molecule has 5 rings (SSSR count). The van der Waals surface area contributed by atoms with Crippen LogP contribution in [-0.4, -0.2) is 36.0 Å². The number of nitrogen functional groups attached to an aromatic ring is 1. The molecular formula is C24H24N8O. The zero-order valence-corrected chi connectivity index (χ0v) is 18.7. The van der Waals surface area contributed by atoms with E-state index in [-0.39, 0.29) is 11.5 Å². The molecule has 5 aromatic rings. The van der Waals surface area contributed by atoms with Crippen molar-refractivity contribution < 1.29 is 0 Å². The molecule has 9 nitrogen and oxygen atoms in total. The Morgan fingerprint density at radius 2 is 1.73 bits per heavy atom. The van der Waals surface area contributed by atoms with Crippen LogP contribution < -0.4 is 16.6 Å². The first-order valence-corrected chi connectivity index (χ1v) is 10.7. The minimum atomic E-state index is -0.0623. The fourth-order valence-electron chi connectivity index (χ4n) is 4.27. The summed E-state index contributed by atoms with van der Waals surface area (Å²) in [6, 6.07) is 11.8. The van der Waals surface area contributed by atoms with Gasteiger partial charge in [-0.3, -0.25) is 9.36 Å². The van der Waals surface area contributed by atoms with Crippen LogP contribution in [0.3, 0.4) is 0 Å². The summed E-state index contributed by atoms with van der Waals surface area (Å²) in [5.41, 5.74) is 11.4. The molecule has 0 fully saturated rings. The molecule has 0 saturated carbocycles. The van der Waals surface area contributed by atoms with Crippen LogP contribution in [0.25, 0.3) is 27.8 Å². The fraction of sp³-hybridized carbons (Fsp3) is 0.208. The number of hydrogen-bond donors (Lipinski definition) is 3. The molecule has 0 bridgehead atoms. The first-order chi connectivity index (χ1) is 15.9. The van der Waals surface area contributed by atoms with Gasteiger partial charge in [-0.05, 0) is 43.5 Å². The van der Waals surface area contributed by atoms with Gasteiger partial charge in [-0.1, -0.05) is 30.3 Å². The maximum absolute atomic E-state index is 13.7. The summed E-state index contributed by atoms with van der Waals surface area (Å²) in [4.78, 5) is 34.2. The Balaban J connectivity index is 1.60. The third kappa shape index (κ3) is 3.57. The number of nitrogens with two attached hydrogens (primary N) is 1. The zero-order chi connectivity index (χ0) is 23.1. The second-order valence-corrected chi connectivity index (χ2v) is 8.09. The van der Waals surface area contributed by atoms with E-state index in [4.69, 9.17) is 10.7 Å². The van der Waals surface area contributed by atoms with Crippen LogP contribution in [0.4, 0.5) is 11.8 Å². The number of para-hydroxylation sites is 1. The van der Waals surface area contributed by atoms with Crippen molar-refractivity contribution in [1.82, 2.24) is 29.5 Å². The predicted octanol–water partition coefficient (Wildman–Crippen LogP) is 3.21. The third-order valence-corrected chi connectivity index (χ3v) is 5.78. The number of hydrogen-bond acceptors (Lipinski definition) is 7. The molecule has 2 aromatic carbocycles. The number of benzene rings is 2. The Morgan fingerprint density at radius 1 is 1.00 bits per heavy atom. The molecule has 3 heterocycles. The highest BCUT2D eigenvalue weighted by atomic mass is 16.1. The van der Waals surface area contributed by atoms with Crippen molar-refractivity contribution in [3.63, 3.8) is 0 Å². The Hall–Kier alpha value is -4.27. The lowest BCUT2D eigenvalue weighted by Crippen LogP contribution is -2.27. The second kappa shape index (κ2) is 8.01. The SMILES string of the molecule is Cc1cccc(C)c1-n1c(CCNc2nc(N)nc3nc[nH]c23)nc2cccc(C)c2c1=O. The molecule has 166 valence electrons. The number of rotatable bonds is 5. The maximum Gasteiger partial charge on any atom is 0.266 e. The Bertz CT molecular complexity index is 1550. The Labute approximate surface area is 189 Å². The second-order valence-electron chi connectivity index (χ2n) is 8.09. The van der Waals surface area contributed by atoms with Gasteiger partial charge in [0.1, 0.15) is 11.3 Å². The summed E-state index contributed by atoms with van der Waals surface area (Å²) in [5.74, 6) is 1.38. The van der Waals surface area contributed by atoms with E-state index in [1.54, 1.807) is 10.9 Å². The monoisotopic (exact) mass is 440 g/mol. The molecule has 3 aromatic heterocycles. The molecule has 33 heavy (non-hydrogen) atoms. The van der Waals surface area contributed by atoms with Gasteiger partial charge in [-0.15, -0.1) is 0 Å². The molecule has 0 atom stereocenters. The summed E-state index contributed by atoms with van der Waals surface area (Å²) >= 11 is 0. The molecule has 0 saturated heterocycles. The minimum absolute atomic E-state index is 0.0623. The van der Waals surface area contributed by atoms with E-state index in [9.17, 15) is 4.79 Å². The summed E-state index contributed by atoms with van der Waals surface area (Å²) in [6.45, 7) is 6.45. The average molecular weight is 441 g/mol. The molecular weight excluding hydrogens is 416 g/mol. The van der Waals surface area contributed by atoms with Crippen molar-refractivity contribution >= 4 is 33.8 Å². The van der Waals surface area contributed by atoms with E-state index < -0.39 is 0 Å². The number of nitrogens with zero attached hydrogens (tertiary/aromatic N) is 5. The quantitative estimate of drug-likeness (QED) is 0.383. The number of aromatic amines is 1. The van der Waals surface area contributed by atoms with Crippen molar-refractivity contribution in [3.8, 4) is 5.69 Å². The van der Waals surface area contributed by atoms with E-state index in [2.05, 4.69) is 25.3 Å². The van der Waals surface area contributed by atoms with Crippen LogP contribution >= 0.6 is 0 Å². The number of imidazole rings is 1. The zero-order valence-electron chi connectivity index (χ0n) is 18.7. The van der Waals surface area contributed by atoms with Crippen LogP contribution in [0.2, 0.25) is 0 Å². The predicted molar refractivity (Wildman–Crippen MR) is 130 cm³/mol. The number of aromatic nitrogens is 6. The number of anilines is 2. The molecule has 0 unspecified atom stereocenters. The fourth-order valence-corrected chi connectivity index (χ4v) is 4.27. The molecule has 0 amide bonds. The van der Waals surface area contributed by atoms with Crippen molar-refractivity contribution in [3.05, 3.63) is 75.6 Å². The topological polar surface area (TPSA) is 127 Å². The van der Waals surface area contributed by atoms with Crippen LogP contribution in [0, 0.1) is 20.8 Å². The van der Waals surface area contributed by atoms with E-state index in [0.29, 0.717) is 46.7 Å². The molecule has 4 N–H and O–H groups in total. The lowest BCUT2D eigenvalue weighted by molar-refractivity contribution is 0.802. The lowest BCUT2D eigenvalue weighted by atomic mass is 10.1. The number of fused-ring (bicyclic) bond motifs is 2. The molecule has 0 aliphatic rings. The average Bonchev–Trinajstić information content (AvgIpc) is 3.24.